The Labute approximate surface area is 212 Å². The lowest BCUT2D eigenvalue weighted by Gasteiger charge is -2.17. The number of rotatable bonds is 10. The van der Waals surface area contributed by atoms with E-state index in [1.54, 1.807) is 0 Å². The summed E-state index contributed by atoms with van der Waals surface area (Å²) in [5, 5.41) is 8.19. The molecule has 35 heavy (non-hydrogen) atoms. The summed E-state index contributed by atoms with van der Waals surface area (Å²) in [4.78, 5) is 1.11. The number of aryl methyl sites for hydroxylation is 2. The SMILES string of the molecule is CCc1ccccc1OCc1cc(-c2cccc(CN)c2)cc(NSc2ccc(C)cc2)c1C=N. The summed E-state index contributed by atoms with van der Waals surface area (Å²) >= 11 is 1.54. The van der Waals surface area contributed by atoms with Crippen LogP contribution >= 0.6 is 11.9 Å². The molecule has 4 rings (SSSR count). The first-order valence-corrected chi connectivity index (χ1v) is 12.6. The van der Waals surface area contributed by atoms with Gasteiger partial charge in [-0.05, 0) is 83.9 Å². The lowest BCUT2D eigenvalue weighted by atomic mass is 9.97. The zero-order valence-electron chi connectivity index (χ0n) is 20.2. The van der Waals surface area contributed by atoms with Gasteiger partial charge in [0, 0.05) is 28.8 Å². The van der Waals surface area contributed by atoms with Crippen molar-refractivity contribution in [1.82, 2.24) is 0 Å². The number of nitrogens with one attached hydrogen (secondary N) is 2. The second-order valence-corrected chi connectivity index (χ2v) is 9.29. The maximum absolute atomic E-state index is 8.19. The summed E-state index contributed by atoms with van der Waals surface area (Å²) in [5.41, 5.74) is 14.2. The molecule has 0 aliphatic rings. The quantitative estimate of drug-likeness (QED) is 0.163. The third-order valence-corrected chi connectivity index (χ3v) is 6.77. The van der Waals surface area contributed by atoms with Crippen LogP contribution < -0.4 is 15.2 Å². The average molecular weight is 482 g/mol. The van der Waals surface area contributed by atoms with Crippen LogP contribution in [0, 0.1) is 12.3 Å². The van der Waals surface area contributed by atoms with Crippen molar-refractivity contribution < 1.29 is 4.74 Å². The third kappa shape index (κ3) is 6.13. The largest absolute Gasteiger partial charge is 0.489 e. The number of ether oxygens (including phenoxy) is 1. The molecule has 0 atom stereocenters. The maximum atomic E-state index is 8.19. The average Bonchev–Trinajstić information content (AvgIpc) is 2.91. The van der Waals surface area contributed by atoms with E-state index < -0.39 is 0 Å². The van der Waals surface area contributed by atoms with Gasteiger partial charge in [0.2, 0.25) is 0 Å². The molecule has 0 radical (unpaired) electrons. The first-order valence-electron chi connectivity index (χ1n) is 11.8. The fraction of sp³-hybridized carbons (Fsp3) is 0.167. The van der Waals surface area contributed by atoms with Crippen molar-refractivity contribution in [2.45, 2.75) is 38.3 Å². The lowest BCUT2D eigenvalue weighted by Crippen LogP contribution is -2.05. The summed E-state index contributed by atoms with van der Waals surface area (Å²) in [6, 6.07) is 29.0. The second kappa shape index (κ2) is 11.7. The molecule has 0 aliphatic carbocycles. The number of benzene rings is 4. The van der Waals surface area contributed by atoms with Gasteiger partial charge in [-0.1, -0.05) is 61.0 Å². The zero-order valence-corrected chi connectivity index (χ0v) is 21.0. The van der Waals surface area contributed by atoms with E-state index in [1.807, 2.05) is 30.3 Å². The number of anilines is 1. The number of hydrogen-bond acceptors (Lipinski definition) is 5. The molecule has 4 nitrogen and oxygen atoms in total. The smallest absolute Gasteiger partial charge is 0.122 e. The number of nitrogens with two attached hydrogens (primary N) is 1. The summed E-state index contributed by atoms with van der Waals surface area (Å²) in [5.74, 6) is 0.880. The first-order chi connectivity index (χ1) is 17.1. The summed E-state index contributed by atoms with van der Waals surface area (Å²) in [7, 11) is 0. The van der Waals surface area contributed by atoms with Crippen molar-refractivity contribution in [1.29, 1.82) is 5.41 Å². The Hall–Kier alpha value is -3.54. The van der Waals surface area contributed by atoms with Gasteiger partial charge in [-0.25, -0.2) is 0 Å². The second-order valence-electron chi connectivity index (χ2n) is 8.41. The molecule has 0 aromatic heterocycles. The van der Waals surface area contributed by atoms with E-state index in [4.69, 9.17) is 15.9 Å². The van der Waals surface area contributed by atoms with Gasteiger partial charge in [0.15, 0.2) is 0 Å². The Bertz CT molecular complexity index is 1300. The topological polar surface area (TPSA) is 71.1 Å². The van der Waals surface area contributed by atoms with Crippen LogP contribution in [-0.4, -0.2) is 6.21 Å². The van der Waals surface area contributed by atoms with Crippen molar-refractivity contribution in [3.8, 4) is 16.9 Å². The molecule has 0 saturated heterocycles. The summed E-state index contributed by atoms with van der Waals surface area (Å²) < 4.78 is 9.75. The van der Waals surface area contributed by atoms with Crippen molar-refractivity contribution in [3.63, 3.8) is 0 Å². The summed E-state index contributed by atoms with van der Waals surface area (Å²) in [6.45, 7) is 5.07. The molecule has 0 spiro atoms. The molecule has 178 valence electrons. The molecule has 0 saturated carbocycles. The van der Waals surface area contributed by atoms with Crippen LogP contribution in [0.4, 0.5) is 5.69 Å². The van der Waals surface area contributed by atoms with Gasteiger partial charge in [-0.15, -0.1) is 0 Å². The van der Waals surface area contributed by atoms with Crippen molar-refractivity contribution in [3.05, 3.63) is 113 Å². The molecule has 0 unspecified atom stereocenters. The molecular formula is C30H31N3OS. The fourth-order valence-electron chi connectivity index (χ4n) is 3.94. The third-order valence-electron chi connectivity index (χ3n) is 5.94. The highest BCUT2D eigenvalue weighted by Gasteiger charge is 2.13. The van der Waals surface area contributed by atoms with Crippen LogP contribution in [0.2, 0.25) is 0 Å². The highest BCUT2D eigenvalue weighted by Crippen LogP contribution is 2.33. The van der Waals surface area contributed by atoms with E-state index in [2.05, 4.69) is 73.2 Å². The summed E-state index contributed by atoms with van der Waals surface area (Å²) in [6.07, 6.45) is 2.31. The van der Waals surface area contributed by atoms with Gasteiger partial charge < -0.3 is 20.6 Å². The molecular weight excluding hydrogens is 450 g/mol. The lowest BCUT2D eigenvalue weighted by molar-refractivity contribution is 0.303. The molecule has 0 fully saturated rings. The molecule has 5 heteroatoms. The van der Waals surface area contributed by atoms with Crippen LogP contribution in [0.25, 0.3) is 11.1 Å². The van der Waals surface area contributed by atoms with E-state index in [-0.39, 0.29) is 0 Å². The minimum absolute atomic E-state index is 0.371. The maximum Gasteiger partial charge on any atom is 0.122 e. The van der Waals surface area contributed by atoms with E-state index >= 15 is 0 Å². The van der Waals surface area contributed by atoms with Gasteiger partial charge in [0.25, 0.3) is 0 Å². The van der Waals surface area contributed by atoms with Gasteiger partial charge in [0.1, 0.15) is 12.4 Å². The first kappa shape index (κ1) is 24.6. The standard InChI is InChI=1S/C30H31N3OS/c1-3-23-8-4-5-10-30(23)34-20-26-16-25(24-9-6-7-22(15-24)18-31)17-29(28(26)19-32)33-35-27-13-11-21(2)12-14-27/h4-17,19,32-33H,3,18,20,31H2,1-2H3. The van der Waals surface area contributed by atoms with Crippen molar-refractivity contribution >= 4 is 23.8 Å². The predicted octanol–water partition coefficient (Wildman–Crippen LogP) is 7.38. The van der Waals surface area contributed by atoms with Crippen LogP contribution in [0.15, 0.2) is 89.8 Å². The predicted molar refractivity (Wildman–Crippen MR) is 148 cm³/mol. The molecule has 0 heterocycles. The molecule has 0 aliphatic heterocycles. The normalized spacial score (nSPS) is 10.7. The number of hydrogen-bond donors (Lipinski definition) is 3. The van der Waals surface area contributed by atoms with Gasteiger partial charge in [-0.3, -0.25) is 0 Å². The highest BCUT2D eigenvalue weighted by molar-refractivity contribution is 8.00. The molecule has 0 amide bonds. The Morgan fingerprint density at radius 2 is 1.71 bits per heavy atom. The molecule has 4 aromatic rings. The van der Waals surface area contributed by atoms with Crippen LogP contribution in [0.3, 0.4) is 0 Å². The Kier molecular flexibility index (Phi) is 8.24. The van der Waals surface area contributed by atoms with Crippen molar-refractivity contribution in [2.24, 2.45) is 5.73 Å². The fourth-order valence-corrected chi connectivity index (χ4v) is 4.61. The Balaban J connectivity index is 1.71. The van der Waals surface area contributed by atoms with Crippen LogP contribution in [0.5, 0.6) is 5.75 Å². The molecule has 4 N–H and O–H groups in total. The Morgan fingerprint density at radius 3 is 2.46 bits per heavy atom. The molecule has 4 aromatic carbocycles. The number of para-hydroxylation sites is 1. The minimum Gasteiger partial charge on any atom is -0.489 e. The van der Waals surface area contributed by atoms with Crippen LogP contribution in [0.1, 0.15) is 34.7 Å². The van der Waals surface area contributed by atoms with E-state index in [1.165, 1.54) is 29.3 Å². The van der Waals surface area contributed by atoms with Crippen LogP contribution in [-0.2, 0) is 19.6 Å². The van der Waals surface area contributed by atoms with Gasteiger partial charge in [0.05, 0.1) is 5.69 Å². The zero-order chi connectivity index (χ0) is 24.6. The highest BCUT2D eigenvalue weighted by atomic mass is 32.2. The Morgan fingerprint density at radius 1 is 0.914 bits per heavy atom. The monoisotopic (exact) mass is 481 g/mol. The van der Waals surface area contributed by atoms with E-state index in [9.17, 15) is 0 Å². The molecule has 0 bridgehead atoms. The van der Waals surface area contributed by atoms with E-state index in [0.29, 0.717) is 13.2 Å². The minimum atomic E-state index is 0.371. The van der Waals surface area contributed by atoms with Gasteiger partial charge in [-0.2, -0.15) is 0 Å². The van der Waals surface area contributed by atoms with Gasteiger partial charge >= 0.3 is 0 Å². The van der Waals surface area contributed by atoms with Crippen molar-refractivity contribution in [2.75, 3.05) is 4.72 Å². The van der Waals surface area contributed by atoms with E-state index in [0.717, 1.165) is 50.6 Å².